The van der Waals surface area contributed by atoms with Crippen LogP contribution in [0.4, 0.5) is 14.5 Å². The zero-order valence-electron chi connectivity index (χ0n) is 16.0. The molecule has 0 aliphatic heterocycles. The van der Waals surface area contributed by atoms with Crippen LogP contribution in [0.5, 0.6) is 5.75 Å². The third-order valence-corrected chi connectivity index (χ3v) is 4.13. The van der Waals surface area contributed by atoms with E-state index in [2.05, 4.69) is 12.1 Å². The maximum Gasteiger partial charge on any atom is 0.246 e. The summed E-state index contributed by atoms with van der Waals surface area (Å²) in [4.78, 5) is 19.7. The summed E-state index contributed by atoms with van der Waals surface area (Å²) in [6.07, 6.45) is 2.35. The number of hydrogen-bond donors (Lipinski definition) is 1. The molecule has 0 heterocycles. The minimum atomic E-state index is -0.835. The number of anilines is 1. The first-order valence-corrected chi connectivity index (χ1v) is 8.78. The van der Waals surface area contributed by atoms with E-state index in [1.807, 2.05) is 0 Å². The molecule has 1 amide bonds. The maximum absolute atomic E-state index is 13.5. The predicted molar refractivity (Wildman–Crippen MR) is 104 cm³/mol. The molecule has 0 unspecified atom stereocenters. The van der Waals surface area contributed by atoms with Crippen LogP contribution in [0.1, 0.15) is 12.0 Å². The highest BCUT2D eigenvalue weighted by atomic mass is 19.1. The molecule has 0 spiro atoms. The summed E-state index contributed by atoms with van der Waals surface area (Å²) in [7, 11) is 2.94. The molecule has 2 aromatic carbocycles. The minimum Gasteiger partial charge on any atom is -0.497 e. The molecule has 0 aliphatic rings. The monoisotopic (exact) mass is 390 g/mol. The highest BCUT2D eigenvalue weighted by molar-refractivity contribution is 5.97. The maximum atomic E-state index is 13.5. The van der Waals surface area contributed by atoms with Crippen molar-refractivity contribution >= 4 is 11.6 Å². The zero-order chi connectivity index (χ0) is 20.5. The van der Waals surface area contributed by atoms with Crippen molar-refractivity contribution in [1.29, 1.82) is 0 Å². The largest absolute Gasteiger partial charge is 0.497 e. The molecule has 5 nitrogen and oxygen atoms in total. The topological polar surface area (TPSA) is 50.8 Å². The van der Waals surface area contributed by atoms with E-state index in [9.17, 15) is 13.6 Å². The lowest BCUT2D eigenvalue weighted by atomic mass is 10.0. The van der Waals surface area contributed by atoms with Gasteiger partial charge in [-0.05, 0) is 54.8 Å². The second-order valence-corrected chi connectivity index (χ2v) is 6.12. The van der Waals surface area contributed by atoms with Gasteiger partial charge in [-0.1, -0.05) is 6.08 Å². The average Bonchev–Trinajstić information content (AvgIpc) is 2.67. The third kappa shape index (κ3) is 5.87. The summed E-state index contributed by atoms with van der Waals surface area (Å²) in [5.41, 5.74) is 3.65. The Bertz CT molecular complexity index is 776. The molecule has 7 heteroatoms. The lowest BCUT2D eigenvalue weighted by molar-refractivity contribution is -0.124. The fraction of sp³-hybridized carbons (Fsp3) is 0.286. The number of hydroxylamine groups is 1. The van der Waals surface area contributed by atoms with Gasteiger partial charge in [-0.25, -0.2) is 8.78 Å². The number of carbonyl (C=O) groups is 1. The number of amides is 1. The standard InChI is InChI=1S/C21H24F2N2O3/c1-4-5-10-25(18-6-8-19(27-2)9-7-18)21(26)20(24-28-3)13-15-11-16(22)14-17(23)12-15/h4,6-9,11-12,14,20,24H,1,5,10,13H2,2-3H3/t20-/m0/s1. The van der Waals surface area contributed by atoms with Crippen LogP contribution in [0.25, 0.3) is 0 Å². The molecular weight excluding hydrogens is 366 g/mol. The van der Waals surface area contributed by atoms with Gasteiger partial charge >= 0.3 is 0 Å². The molecule has 1 atom stereocenters. The van der Waals surface area contributed by atoms with E-state index in [0.29, 0.717) is 30.0 Å². The molecular formula is C21H24F2N2O3. The first-order chi connectivity index (χ1) is 13.5. The van der Waals surface area contributed by atoms with Gasteiger partial charge in [0.2, 0.25) is 5.91 Å². The fourth-order valence-corrected chi connectivity index (χ4v) is 2.82. The molecule has 2 aromatic rings. The van der Waals surface area contributed by atoms with E-state index in [4.69, 9.17) is 9.57 Å². The number of benzene rings is 2. The fourth-order valence-electron chi connectivity index (χ4n) is 2.82. The highest BCUT2D eigenvalue weighted by Gasteiger charge is 2.26. The van der Waals surface area contributed by atoms with E-state index >= 15 is 0 Å². The Morgan fingerprint density at radius 2 is 1.82 bits per heavy atom. The van der Waals surface area contributed by atoms with Gasteiger partial charge in [0.25, 0.3) is 0 Å². The van der Waals surface area contributed by atoms with Crippen LogP contribution >= 0.6 is 0 Å². The summed E-state index contributed by atoms with van der Waals surface area (Å²) in [6.45, 7) is 4.10. The van der Waals surface area contributed by atoms with Gasteiger partial charge in [0, 0.05) is 18.3 Å². The summed E-state index contributed by atoms with van der Waals surface area (Å²) in [5.74, 6) is -1.02. The van der Waals surface area contributed by atoms with Crippen molar-refractivity contribution in [2.24, 2.45) is 0 Å². The molecule has 0 radical (unpaired) electrons. The molecule has 0 aromatic heterocycles. The Hall–Kier alpha value is -2.77. The predicted octanol–water partition coefficient (Wildman–Crippen LogP) is 3.64. The highest BCUT2D eigenvalue weighted by Crippen LogP contribution is 2.21. The number of halogens is 2. The van der Waals surface area contributed by atoms with Crippen molar-refractivity contribution in [3.63, 3.8) is 0 Å². The van der Waals surface area contributed by atoms with Crippen LogP contribution in [-0.2, 0) is 16.1 Å². The Morgan fingerprint density at radius 3 is 2.36 bits per heavy atom. The van der Waals surface area contributed by atoms with Crippen LogP contribution in [0.2, 0.25) is 0 Å². The van der Waals surface area contributed by atoms with Crippen molar-refractivity contribution in [1.82, 2.24) is 5.48 Å². The Balaban J connectivity index is 2.29. The van der Waals surface area contributed by atoms with Gasteiger partial charge in [-0.3, -0.25) is 4.79 Å². The summed E-state index contributed by atoms with van der Waals surface area (Å²) < 4.78 is 32.2. The van der Waals surface area contributed by atoms with Crippen LogP contribution in [0.15, 0.2) is 55.1 Å². The number of nitrogens with one attached hydrogen (secondary N) is 1. The van der Waals surface area contributed by atoms with Gasteiger partial charge in [0.15, 0.2) is 0 Å². The van der Waals surface area contributed by atoms with Gasteiger partial charge in [0.05, 0.1) is 14.2 Å². The molecule has 1 N–H and O–H groups in total. The number of methoxy groups -OCH3 is 1. The van der Waals surface area contributed by atoms with E-state index in [1.165, 1.54) is 19.2 Å². The van der Waals surface area contributed by atoms with Gasteiger partial charge < -0.3 is 14.5 Å². The molecule has 0 saturated heterocycles. The first kappa shape index (κ1) is 21.5. The van der Waals surface area contributed by atoms with Crippen LogP contribution < -0.4 is 15.1 Å². The van der Waals surface area contributed by atoms with Gasteiger partial charge in [-0.15, -0.1) is 6.58 Å². The van der Waals surface area contributed by atoms with Crippen LogP contribution in [0.3, 0.4) is 0 Å². The normalized spacial score (nSPS) is 11.7. The summed E-state index contributed by atoms with van der Waals surface area (Å²) in [5, 5.41) is 0. The number of nitrogens with zero attached hydrogens (tertiary/aromatic N) is 1. The average molecular weight is 390 g/mol. The summed E-state index contributed by atoms with van der Waals surface area (Å²) in [6, 6.07) is 9.39. The number of carbonyl (C=O) groups excluding carboxylic acids is 1. The molecule has 0 fully saturated rings. The van der Waals surface area contributed by atoms with E-state index < -0.39 is 17.7 Å². The van der Waals surface area contributed by atoms with Crippen molar-refractivity contribution in [3.8, 4) is 5.75 Å². The SMILES string of the molecule is C=CCCN(C(=O)[C@H](Cc1cc(F)cc(F)c1)NOC)c1ccc(OC)cc1. The molecule has 0 saturated carbocycles. The Kier molecular flexibility index (Phi) is 8.10. The van der Waals surface area contributed by atoms with E-state index in [1.54, 1.807) is 42.4 Å². The number of rotatable bonds is 10. The smallest absolute Gasteiger partial charge is 0.246 e. The molecule has 28 heavy (non-hydrogen) atoms. The third-order valence-electron chi connectivity index (χ3n) is 4.13. The molecule has 2 rings (SSSR count). The first-order valence-electron chi connectivity index (χ1n) is 8.78. The number of hydrogen-bond acceptors (Lipinski definition) is 4. The van der Waals surface area contributed by atoms with Crippen LogP contribution in [0, 0.1) is 11.6 Å². The van der Waals surface area contributed by atoms with Crippen LogP contribution in [-0.4, -0.2) is 32.7 Å². The van der Waals surface area contributed by atoms with Crippen molar-refractivity contribution in [2.45, 2.75) is 18.9 Å². The summed E-state index contributed by atoms with van der Waals surface area (Å²) >= 11 is 0. The van der Waals surface area contributed by atoms with Crippen molar-refractivity contribution in [3.05, 3.63) is 72.3 Å². The minimum absolute atomic E-state index is 0.0576. The van der Waals surface area contributed by atoms with Gasteiger partial charge in [-0.2, -0.15) is 5.48 Å². The molecule has 150 valence electrons. The van der Waals surface area contributed by atoms with E-state index in [-0.39, 0.29) is 12.3 Å². The molecule has 0 aliphatic carbocycles. The van der Waals surface area contributed by atoms with E-state index in [0.717, 1.165) is 6.07 Å². The van der Waals surface area contributed by atoms with Crippen molar-refractivity contribution in [2.75, 3.05) is 25.7 Å². The molecule has 0 bridgehead atoms. The Labute approximate surface area is 163 Å². The second kappa shape index (κ2) is 10.5. The second-order valence-electron chi connectivity index (χ2n) is 6.12. The van der Waals surface area contributed by atoms with Gasteiger partial charge in [0.1, 0.15) is 23.4 Å². The zero-order valence-corrected chi connectivity index (χ0v) is 16.0. The lowest BCUT2D eigenvalue weighted by Crippen LogP contribution is -2.48. The quantitative estimate of drug-likeness (QED) is 0.497. The lowest BCUT2D eigenvalue weighted by Gasteiger charge is -2.27. The number of ether oxygens (including phenoxy) is 1. The van der Waals surface area contributed by atoms with Crippen molar-refractivity contribution < 1.29 is 23.1 Å². The Morgan fingerprint density at radius 1 is 1.18 bits per heavy atom.